The number of hydrogen-bond acceptors (Lipinski definition) is 15. The van der Waals surface area contributed by atoms with Crippen LogP contribution in [0.4, 0.5) is 0 Å². The lowest BCUT2D eigenvalue weighted by Gasteiger charge is -2.01. The molecule has 0 aromatic carbocycles. The van der Waals surface area contributed by atoms with Gasteiger partial charge in [-0.3, -0.25) is 14.4 Å². The predicted molar refractivity (Wildman–Crippen MR) is 258 cm³/mol. The van der Waals surface area contributed by atoms with E-state index in [9.17, 15) is 14.4 Å². The van der Waals surface area contributed by atoms with Crippen LogP contribution in [-0.2, 0) is 52.3 Å². The van der Waals surface area contributed by atoms with Gasteiger partial charge in [-0.2, -0.15) is 0 Å². The topological polar surface area (TPSA) is 234 Å². The lowest BCUT2D eigenvalue weighted by molar-refractivity contribution is -0.138. The van der Waals surface area contributed by atoms with Crippen LogP contribution in [0.3, 0.4) is 0 Å². The van der Waals surface area contributed by atoms with E-state index < -0.39 is 17.9 Å². The van der Waals surface area contributed by atoms with Gasteiger partial charge < -0.3 is 74.5 Å². The van der Waals surface area contributed by atoms with Crippen molar-refractivity contribution in [3.8, 4) is 0 Å². The van der Waals surface area contributed by atoms with E-state index in [1.54, 1.807) is 56.9 Å². The summed E-state index contributed by atoms with van der Waals surface area (Å²) in [6, 6.07) is 0. The van der Waals surface area contributed by atoms with Crippen molar-refractivity contribution in [3.05, 3.63) is 0 Å². The molecular weight excluding hydrogens is 833 g/mol. The number of hydrogen-bond donors (Lipinski definition) is 7. The molecule has 0 radical (unpaired) electrons. The normalized spacial score (nSPS) is 10.1. The minimum atomic E-state index is -0.726. The number of nitrogens with one attached hydrogen (secondary N) is 4. The largest absolute Gasteiger partial charge is 0.481 e. The van der Waals surface area contributed by atoms with Crippen LogP contribution >= 0.6 is 0 Å². The average Bonchev–Trinajstić information content (AvgIpc) is 3.27. The first-order chi connectivity index (χ1) is 31.1. The van der Waals surface area contributed by atoms with Crippen LogP contribution in [-0.4, -0.2) is 195 Å². The molecule has 0 aliphatic carbocycles. The van der Waals surface area contributed by atoms with E-state index in [1.807, 2.05) is 0 Å². The summed E-state index contributed by atoms with van der Waals surface area (Å²) in [5.41, 5.74) is 0. The van der Waals surface area contributed by atoms with E-state index in [-0.39, 0.29) is 12.8 Å². The van der Waals surface area contributed by atoms with Crippen molar-refractivity contribution in [3.63, 3.8) is 0 Å². The van der Waals surface area contributed by atoms with E-state index in [0.29, 0.717) is 6.42 Å². The Hall–Kier alpha value is -2.07. The summed E-state index contributed by atoms with van der Waals surface area (Å²) in [4.78, 5) is 30.5. The molecule has 18 nitrogen and oxygen atoms in total. The van der Waals surface area contributed by atoms with Gasteiger partial charge in [-0.1, -0.05) is 84.0 Å². The zero-order chi connectivity index (χ0) is 49.3. The van der Waals surface area contributed by atoms with Gasteiger partial charge in [0, 0.05) is 128 Å². The highest BCUT2D eigenvalue weighted by Crippen LogP contribution is 2.10. The van der Waals surface area contributed by atoms with Crippen LogP contribution in [0.2, 0.25) is 0 Å². The minimum absolute atomic E-state index is 0.263. The molecule has 0 fully saturated rings. The molecule has 64 heavy (non-hydrogen) atoms. The molecule has 0 spiro atoms. The van der Waals surface area contributed by atoms with Crippen LogP contribution in [0.25, 0.3) is 0 Å². The second-order valence-corrected chi connectivity index (χ2v) is 14.3. The van der Waals surface area contributed by atoms with Crippen molar-refractivity contribution in [2.45, 2.75) is 122 Å². The maximum atomic E-state index is 10.2. The SMILES string of the molecule is CCCCCCCCCCC(=O)O.COCCNCCOC.COCCNCCOC.COCCNCCOC.COCCNCCOC.O=C(O)CCCCCCCCCC(=O)O. The quantitative estimate of drug-likeness (QED) is 0.0361. The van der Waals surface area contributed by atoms with E-state index in [0.717, 1.165) is 163 Å². The van der Waals surface area contributed by atoms with Crippen molar-refractivity contribution >= 4 is 17.9 Å². The monoisotopic (exact) mass is 935 g/mol. The Morgan fingerprint density at radius 3 is 0.594 bits per heavy atom. The second-order valence-electron chi connectivity index (χ2n) is 14.3. The van der Waals surface area contributed by atoms with Gasteiger partial charge in [0.1, 0.15) is 0 Å². The molecular formula is C46H102N4O14. The molecule has 390 valence electrons. The number of carbonyl (C=O) groups is 3. The number of aliphatic carboxylic acids is 3. The molecule has 0 aromatic rings. The lowest BCUT2D eigenvalue weighted by Crippen LogP contribution is -2.23. The van der Waals surface area contributed by atoms with Gasteiger partial charge in [-0.25, -0.2) is 0 Å². The van der Waals surface area contributed by atoms with E-state index in [2.05, 4.69) is 28.2 Å². The summed E-state index contributed by atoms with van der Waals surface area (Å²) in [5.74, 6) is -2.11. The van der Waals surface area contributed by atoms with Crippen LogP contribution in [0.1, 0.15) is 122 Å². The van der Waals surface area contributed by atoms with Crippen molar-refractivity contribution in [2.75, 3.05) is 162 Å². The molecule has 0 saturated carbocycles. The fourth-order valence-corrected chi connectivity index (χ4v) is 4.74. The number of unbranched alkanes of at least 4 members (excludes halogenated alkanes) is 13. The number of carboxylic acids is 3. The number of rotatable bonds is 43. The third-order valence-corrected chi connectivity index (χ3v) is 8.39. The fourth-order valence-electron chi connectivity index (χ4n) is 4.74. The van der Waals surface area contributed by atoms with Crippen LogP contribution in [0.5, 0.6) is 0 Å². The Morgan fingerprint density at radius 2 is 0.453 bits per heavy atom. The van der Waals surface area contributed by atoms with Gasteiger partial charge in [0.15, 0.2) is 0 Å². The highest BCUT2D eigenvalue weighted by molar-refractivity contribution is 5.67. The first-order valence-electron chi connectivity index (χ1n) is 23.5. The zero-order valence-electron chi connectivity index (χ0n) is 42.4. The first-order valence-corrected chi connectivity index (χ1v) is 23.5. The summed E-state index contributed by atoms with van der Waals surface area (Å²) >= 11 is 0. The molecule has 0 heterocycles. The van der Waals surface area contributed by atoms with Gasteiger partial charge >= 0.3 is 17.9 Å². The van der Waals surface area contributed by atoms with Gasteiger partial charge in [-0.15, -0.1) is 0 Å². The highest BCUT2D eigenvalue weighted by Gasteiger charge is 1.99. The smallest absolute Gasteiger partial charge is 0.303 e. The maximum Gasteiger partial charge on any atom is 0.303 e. The third kappa shape index (κ3) is 108. The standard InChI is InChI=1S/C11H20O4.C11H22O2.4C6H15NO2/c12-10(13)8-6-4-2-1-3-5-7-9-11(14)15;1-2-3-4-5-6-7-8-9-10-11(12)13;4*1-8-5-3-7-4-6-9-2/h1-9H2,(H,12,13)(H,14,15);2-10H2,1H3,(H,12,13);4*7H,3-6H2,1-2H3. The van der Waals surface area contributed by atoms with Crippen molar-refractivity contribution in [2.24, 2.45) is 0 Å². The molecule has 0 saturated heterocycles. The summed E-state index contributed by atoms with van der Waals surface area (Å²) in [7, 11) is 13.5. The fraction of sp³-hybridized carbons (Fsp3) is 0.935. The van der Waals surface area contributed by atoms with Crippen molar-refractivity contribution < 1.29 is 67.6 Å². The minimum Gasteiger partial charge on any atom is -0.481 e. The predicted octanol–water partition coefficient (Wildman–Crippen LogP) is 5.74. The third-order valence-electron chi connectivity index (χ3n) is 8.39. The second kappa shape index (κ2) is 78.1. The Labute approximate surface area is 390 Å². The molecule has 0 aromatic heterocycles. The Kier molecular flexibility index (Phi) is 89.7. The zero-order valence-corrected chi connectivity index (χ0v) is 42.4. The number of carboxylic acid groups (broad SMARTS) is 3. The van der Waals surface area contributed by atoms with Crippen LogP contribution in [0, 0.1) is 0 Å². The summed E-state index contributed by atoms with van der Waals surface area (Å²) in [6.45, 7) is 15.6. The Morgan fingerprint density at radius 1 is 0.297 bits per heavy atom. The first kappa shape index (κ1) is 73.5. The number of methoxy groups -OCH3 is 8. The number of ether oxygens (including phenoxy) is 8. The summed E-state index contributed by atoms with van der Waals surface area (Å²) in [5, 5.41) is 37.7. The Bertz CT molecular complexity index is 725. The van der Waals surface area contributed by atoms with E-state index >= 15 is 0 Å². The molecule has 18 heteroatoms. The highest BCUT2D eigenvalue weighted by atomic mass is 16.5. The molecule has 0 unspecified atom stereocenters. The maximum absolute atomic E-state index is 10.2. The molecule has 0 atom stereocenters. The van der Waals surface area contributed by atoms with Gasteiger partial charge in [0.25, 0.3) is 0 Å². The molecule has 0 rings (SSSR count). The van der Waals surface area contributed by atoms with Crippen molar-refractivity contribution in [1.29, 1.82) is 0 Å². The molecule has 0 bridgehead atoms. The lowest BCUT2D eigenvalue weighted by atomic mass is 10.1. The Balaban J connectivity index is -0.000000160. The van der Waals surface area contributed by atoms with Crippen LogP contribution in [0.15, 0.2) is 0 Å². The summed E-state index contributed by atoms with van der Waals surface area (Å²) < 4.78 is 38.5. The van der Waals surface area contributed by atoms with Gasteiger partial charge in [0.2, 0.25) is 0 Å². The average molecular weight is 935 g/mol. The molecule has 7 N–H and O–H groups in total. The molecule has 0 aliphatic rings. The van der Waals surface area contributed by atoms with Crippen LogP contribution < -0.4 is 21.3 Å². The van der Waals surface area contributed by atoms with E-state index in [1.165, 1.54) is 38.5 Å². The van der Waals surface area contributed by atoms with Gasteiger partial charge in [0.05, 0.1) is 52.9 Å². The summed E-state index contributed by atoms with van der Waals surface area (Å²) in [6.07, 6.45) is 17.2. The molecule has 0 amide bonds. The van der Waals surface area contributed by atoms with E-state index in [4.69, 9.17) is 53.2 Å². The van der Waals surface area contributed by atoms with Crippen molar-refractivity contribution in [1.82, 2.24) is 21.3 Å². The van der Waals surface area contributed by atoms with Gasteiger partial charge in [-0.05, 0) is 19.3 Å². The molecule has 0 aliphatic heterocycles.